The first kappa shape index (κ1) is 18.5. The summed E-state index contributed by atoms with van der Waals surface area (Å²) < 4.78 is 73.5. The molecule has 2 aromatic rings. The first-order valence-corrected chi connectivity index (χ1v) is 7.37. The highest BCUT2D eigenvalue weighted by molar-refractivity contribution is 7.79. The minimum Gasteiger partial charge on any atom is -0.478 e. The van der Waals surface area contributed by atoms with Crippen LogP contribution in [0.25, 0.3) is 0 Å². The lowest BCUT2D eigenvalue weighted by Gasteiger charge is -2.11. The van der Waals surface area contributed by atoms with E-state index in [-0.39, 0.29) is 10.6 Å². The molecule has 0 saturated carbocycles. The van der Waals surface area contributed by atoms with Crippen molar-refractivity contribution in [1.82, 2.24) is 0 Å². The van der Waals surface area contributed by atoms with E-state index >= 15 is 0 Å². The molecule has 0 aromatic heterocycles. The molecule has 132 valence electrons. The van der Waals surface area contributed by atoms with Crippen molar-refractivity contribution in [2.24, 2.45) is 0 Å². The maximum Gasteiger partial charge on any atom is 0.339 e. The summed E-state index contributed by atoms with van der Waals surface area (Å²) in [5.74, 6) is -12.8. The third-order valence-electron chi connectivity index (χ3n) is 3.02. The van der Waals surface area contributed by atoms with Crippen molar-refractivity contribution in [3.8, 4) is 0 Å². The van der Waals surface area contributed by atoms with Crippen LogP contribution >= 0.6 is 0 Å². The zero-order valence-corrected chi connectivity index (χ0v) is 12.7. The van der Waals surface area contributed by atoms with Crippen LogP contribution in [0.4, 0.5) is 23.2 Å². The number of rotatable bonds is 4. The van der Waals surface area contributed by atoms with Gasteiger partial charge >= 0.3 is 5.97 Å². The highest BCUT2D eigenvalue weighted by atomic mass is 32.2. The minimum absolute atomic E-state index is 0.0331. The molecular weight excluding hydrogens is 370 g/mol. The topological polar surface area (TPSA) is 104 Å². The molecule has 0 spiro atoms. The van der Waals surface area contributed by atoms with Gasteiger partial charge in [-0.25, -0.2) is 26.6 Å². The van der Waals surface area contributed by atoms with Gasteiger partial charge in [0.1, 0.15) is 5.56 Å². The van der Waals surface area contributed by atoms with E-state index in [4.69, 9.17) is 9.66 Å². The van der Waals surface area contributed by atoms with E-state index in [0.717, 1.165) is 24.3 Å². The standard InChI is InChI=1S/C14H7F4NO5S/c15-9-7(8(14(21)22)10(16)12(18)11(9)17)13(20)19-5-1-3-6(4-2-5)25(23)24/h1-4H,(H,19,20)(H,21,22)(H,23,24). The molecule has 11 heteroatoms. The fourth-order valence-corrected chi connectivity index (χ4v) is 2.26. The maximum absolute atomic E-state index is 13.8. The predicted molar refractivity (Wildman–Crippen MR) is 76.7 cm³/mol. The number of aromatic carboxylic acids is 1. The lowest BCUT2D eigenvalue weighted by atomic mass is 10.0. The second-order valence-electron chi connectivity index (χ2n) is 4.54. The van der Waals surface area contributed by atoms with Gasteiger partial charge in [0.25, 0.3) is 5.91 Å². The Morgan fingerprint density at radius 1 is 0.880 bits per heavy atom. The van der Waals surface area contributed by atoms with Gasteiger partial charge in [-0.05, 0) is 24.3 Å². The molecule has 0 aliphatic carbocycles. The quantitative estimate of drug-likeness (QED) is 0.329. The third-order valence-corrected chi connectivity index (χ3v) is 3.70. The van der Waals surface area contributed by atoms with E-state index in [9.17, 15) is 31.4 Å². The van der Waals surface area contributed by atoms with E-state index in [1.807, 2.05) is 5.32 Å². The molecule has 6 nitrogen and oxygen atoms in total. The molecule has 0 aliphatic heterocycles. The minimum atomic E-state index is -2.36. The highest BCUT2D eigenvalue weighted by Gasteiger charge is 2.32. The van der Waals surface area contributed by atoms with Crippen molar-refractivity contribution in [3.05, 3.63) is 58.7 Å². The van der Waals surface area contributed by atoms with Crippen molar-refractivity contribution < 1.29 is 41.0 Å². The largest absolute Gasteiger partial charge is 0.478 e. The number of benzene rings is 2. The second kappa shape index (κ2) is 6.99. The molecule has 0 saturated heterocycles. The van der Waals surface area contributed by atoms with Crippen molar-refractivity contribution in [1.29, 1.82) is 0 Å². The number of carboxylic acids is 1. The van der Waals surface area contributed by atoms with E-state index in [1.54, 1.807) is 0 Å². The second-order valence-corrected chi connectivity index (χ2v) is 5.51. The highest BCUT2D eigenvalue weighted by Crippen LogP contribution is 2.25. The summed E-state index contributed by atoms with van der Waals surface area (Å²) in [6.45, 7) is 0. The van der Waals surface area contributed by atoms with Crippen LogP contribution in [0.2, 0.25) is 0 Å². The number of hydrogen-bond donors (Lipinski definition) is 3. The van der Waals surface area contributed by atoms with Crippen LogP contribution in [-0.2, 0) is 11.1 Å². The summed E-state index contributed by atoms with van der Waals surface area (Å²) in [6.07, 6.45) is 0. The van der Waals surface area contributed by atoms with E-state index in [1.165, 1.54) is 0 Å². The van der Waals surface area contributed by atoms with Crippen molar-refractivity contribution in [2.75, 3.05) is 5.32 Å². The Kier molecular flexibility index (Phi) is 5.18. The molecule has 2 aromatic carbocycles. The number of anilines is 1. The molecule has 0 aliphatic rings. The van der Waals surface area contributed by atoms with Gasteiger partial charge in [-0.2, -0.15) is 0 Å². The normalized spacial score (nSPS) is 11.9. The van der Waals surface area contributed by atoms with E-state index in [0.29, 0.717) is 0 Å². The van der Waals surface area contributed by atoms with Crippen molar-refractivity contribution in [3.63, 3.8) is 0 Å². The molecule has 0 bridgehead atoms. The third kappa shape index (κ3) is 3.51. The van der Waals surface area contributed by atoms with Crippen LogP contribution in [-0.4, -0.2) is 25.7 Å². The Morgan fingerprint density at radius 3 is 1.80 bits per heavy atom. The van der Waals surface area contributed by atoms with Crippen molar-refractivity contribution >= 4 is 28.6 Å². The van der Waals surface area contributed by atoms with Crippen LogP contribution in [0.15, 0.2) is 29.2 Å². The van der Waals surface area contributed by atoms with Crippen LogP contribution < -0.4 is 5.32 Å². The fourth-order valence-electron chi connectivity index (χ4n) is 1.89. The van der Waals surface area contributed by atoms with Gasteiger partial charge in [0.2, 0.25) is 0 Å². The zero-order valence-electron chi connectivity index (χ0n) is 11.8. The van der Waals surface area contributed by atoms with Gasteiger partial charge in [-0.1, -0.05) is 0 Å². The number of carboxylic acid groups (broad SMARTS) is 1. The lowest BCUT2D eigenvalue weighted by molar-refractivity contribution is 0.0684. The van der Waals surface area contributed by atoms with Gasteiger partial charge in [0.15, 0.2) is 34.3 Å². The Balaban J connectivity index is 2.48. The molecule has 1 atom stereocenters. The molecule has 1 unspecified atom stereocenters. The first-order valence-electron chi connectivity index (χ1n) is 6.26. The summed E-state index contributed by atoms with van der Waals surface area (Å²) in [4.78, 5) is 23.0. The smallest absolute Gasteiger partial charge is 0.339 e. The van der Waals surface area contributed by atoms with E-state index in [2.05, 4.69) is 0 Å². The molecule has 2 rings (SSSR count). The van der Waals surface area contributed by atoms with Crippen LogP contribution in [0.3, 0.4) is 0 Å². The number of amides is 1. The van der Waals surface area contributed by atoms with Gasteiger partial charge in [-0.3, -0.25) is 4.79 Å². The van der Waals surface area contributed by atoms with Crippen LogP contribution in [0, 0.1) is 23.3 Å². The molecular formula is C14H7F4NO5S. The van der Waals surface area contributed by atoms with Gasteiger partial charge < -0.3 is 15.0 Å². The molecule has 3 N–H and O–H groups in total. The summed E-state index contributed by atoms with van der Waals surface area (Å²) in [5, 5.41) is 10.8. The van der Waals surface area contributed by atoms with Gasteiger partial charge in [-0.15, -0.1) is 0 Å². The van der Waals surface area contributed by atoms with Gasteiger partial charge in [0, 0.05) is 5.69 Å². The maximum atomic E-state index is 13.8. The number of nitrogens with one attached hydrogen (secondary N) is 1. The molecule has 25 heavy (non-hydrogen) atoms. The SMILES string of the molecule is O=C(O)c1c(F)c(F)c(F)c(F)c1C(=O)Nc1ccc(S(=O)O)cc1. The van der Waals surface area contributed by atoms with Crippen LogP contribution in [0.1, 0.15) is 20.7 Å². The Hall–Kier alpha value is -2.79. The monoisotopic (exact) mass is 377 g/mol. The molecule has 0 heterocycles. The molecule has 0 fully saturated rings. The number of halogens is 4. The zero-order chi connectivity index (χ0) is 18.9. The van der Waals surface area contributed by atoms with Gasteiger partial charge in [0.05, 0.1) is 10.5 Å². The predicted octanol–water partition coefficient (Wildman–Crippen LogP) is 2.77. The van der Waals surface area contributed by atoms with Crippen molar-refractivity contribution in [2.45, 2.75) is 4.90 Å². The Morgan fingerprint density at radius 2 is 1.36 bits per heavy atom. The summed E-state index contributed by atoms with van der Waals surface area (Å²) in [5.41, 5.74) is -3.29. The van der Waals surface area contributed by atoms with E-state index < -0.39 is 57.4 Å². The Bertz CT molecular complexity index is 901. The average Bonchev–Trinajstić information content (AvgIpc) is 2.55. The Labute approximate surface area is 139 Å². The molecule has 0 radical (unpaired) electrons. The summed E-state index contributed by atoms with van der Waals surface area (Å²) >= 11 is -2.30. The number of carbonyl (C=O) groups excluding carboxylic acids is 1. The van der Waals surface area contributed by atoms with Crippen LogP contribution in [0.5, 0.6) is 0 Å². The fraction of sp³-hybridized carbons (Fsp3) is 0. The average molecular weight is 377 g/mol. The lowest BCUT2D eigenvalue weighted by Crippen LogP contribution is -2.22. The number of hydrogen-bond acceptors (Lipinski definition) is 3. The summed E-state index contributed by atoms with van der Waals surface area (Å²) in [6, 6.07) is 4.45. The number of carbonyl (C=O) groups is 2. The first-order chi connectivity index (χ1) is 11.6. The summed E-state index contributed by atoms with van der Waals surface area (Å²) in [7, 11) is 0. The molecule has 1 amide bonds.